The highest BCUT2D eigenvalue weighted by atomic mass is 16.5. The maximum atomic E-state index is 11.3. The summed E-state index contributed by atoms with van der Waals surface area (Å²) in [6.45, 7) is 0.635. The van der Waals surface area contributed by atoms with Crippen LogP contribution in [0, 0.1) is 0 Å². The van der Waals surface area contributed by atoms with Gasteiger partial charge in [0.15, 0.2) is 11.6 Å². The molecule has 0 N–H and O–H groups in total. The smallest absolute Gasteiger partial charge is 0.159 e. The standard InChI is InChI=1S/C12H13NO3/c1-16-12-4-2-9(3-5-12)13-7-10(14)6-11(15)8-13/h2-5H,6-8H2,1H3. The fraction of sp³-hybridized carbons (Fsp3) is 0.333. The summed E-state index contributed by atoms with van der Waals surface area (Å²) in [7, 11) is 1.60. The number of anilines is 1. The number of Topliss-reactive ketones (excluding diaryl/α,β-unsaturated/α-hetero) is 2. The van der Waals surface area contributed by atoms with Crippen LogP contribution >= 0.6 is 0 Å². The average molecular weight is 219 g/mol. The zero-order valence-corrected chi connectivity index (χ0v) is 9.10. The highest BCUT2D eigenvalue weighted by Gasteiger charge is 2.23. The van der Waals surface area contributed by atoms with Crippen molar-refractivity contribution >= 4 is 17.3 Å². The Morgan fingerprint density at radius 3 is 2.12 bits per heavy atom. The molecule has 4 nitrogen and oxygen atoms in total. The van der Waals surface area contributed by atoms with Crippen molar-refractivity contribution in [3.8, 4) is 5.75 Å². The van der Waals surface area contributed by atoms with Gasteiger partial charge in [0, 0.05) is 5.69 Å². The predicted molar refractivity (Wildman–Crippen MR) is 59.8 cm³/mol. The van der Waals surface area contributed by atoms with Crippen molar-refractivity contribution in [1.29, 1.82) is 0 Å². The number of methoxy groups -OCH3 is 1. The molecule has 1 aliphatic heterocycles. The molecular weight excluding hydrogens is 206 g/mol. The minimum absolute atomic E-state index is 0.0212. The Morgan fingerprint density at radius 2 is 1.62 bits per heavy atom. The summed E-state index contributed by atoms with van der Waals surface area (Å²) in [5.41, 5.74) is 0.877. The van der Waals surface area contributed by atoms with Gasteiger partial charge in [0.2, 0.25) is 0 Å². The molecule has 0 aliphatic carbocycles. The van der Waals surface area contributed by atoms with Crippen LogP contribution in [0.3, 0.4) is 0 Å². The van der Waals surface area contributed by atoms with Crippen LogP contribution in [0.2, 0.25) is 0 Å². The number of ketones is 2. The minimum atomic E-state index is -0.0212. The van der Waals surface area contributed by atoms with E-state index in [0.717, 1.165) is 11.4 Å². The lowest BCUT2D eigenvalue weighted by atomic mass is 10.1. The number of ether oxygens (including phenoxy) is 1. The van der Waals surface area contributed by atoms with E-state index in [4.69, 9.17) is 4.74 Å². The van der Waals surface area contributed by atoms with E-state index in [9.17, 15) is 9.59 Å². The molecule has 1 aliphatic rings. The van der Waals surface area contributed by atoms with Gasteiger partial charge in [-0.3, -0.25) is 9.59 Å². The summed E-state index contributed by atoms with van der Waals surface area (Å²) in [4.78, 5) is 24.4. The van der Waals surface area contributed by atoms with Crippen LogP contribution in [0.1, 0.15) is 6.42 Å². The molecule has 0 saturated carbocycles. The van der Waals surface area contributed by atoms with Crippen molar-refractivity contribution in [3.05, 3.63) is 24.3 Å². The normalized spacial score (nSPS) is 16.4. The van der Waals surface area contributed by atoms with Crippen LogP contribution in [-0.2, 0) is 9.59 Å². The minimum Gasteiger partial charge on any atom is -0.497 e. The molecule has 0 amide bonds. The second-order valence-corrected chi connectivity index (χ2v) is 3.81. The Kier molecular flexibility index (Phi) is 2.90. The van der Waals surface area contributed by atoms with E-state index in [1.165, 1.54) is 0 Å². The molecule has 1 aromatic carbocycles. The van der Waals surface area contributed by atoms with Crippen LogP contribution in [0.5, 0.6) is 5.75 Å². The Balaban J connectivity index is 2.16. The Hall–Kier alpha value is -1.84. The zero-order chi connectivity index (χ0) is 11.5. The molecule has 1 fully saturated rings. The summed E-state index contributed by atoms with van der Waals surface area (Å²) in [6.07, 6.45) is 0.0760. The maximum absolute atomic E-state index is 11.3. The lowest BCUT2D eigenvalue weighted by molar-refractivity contribution is -0.127. The predicted octanol–water partition coefficient (Wildman–Crippen LogP) is 1.04. The van der Waals surface area contributed by atoms with Gasteiger partial charge in [-0.2, -0.15) is 0 Å². The quantitative estimate of drug-likeness (QED) is 0.697. The second kappa shape index (κ2) is 4.35. The first-order chi connectivity index (χ1) is 7.69. The third-order valence-corrected chi connectivity index (χ3v) is 2.57. The zero-order valence-electron chi connectivity index (χ0n) is 9.10. The Labute approximate surface area is 93.8 Å². The number of nitrogens with zero attached hydrogens (tertiary/aromatic N) is 1. The number of piperidine rings is 1. The number of rotatable bonds is 2. The molecule has 0 atom stereocenters. The third-order valence-electron chi connectivity index (χ3n) is 2.57. The third kappa shape index (κ3) is 2.21. The van der Waals surface area contributed by atoms with Gasteiger partial charge < -0.3 is 9.64 Å². The summed E-state index contributed by atoms with van der Waals surface area (Å²) in [5.74, 6) is 0.720. The van der Waals surface area contributed by atoms with E-state index < -0.39 is 0 Å². The summed E-state index contributed by atoms with van der Waals surface area (Å²) < 4.78 is 5.05. The van der Waals surface area contributed by atoms with Crippen molar-refractivity contribution in [2.75, 3.05) is 25.1 Å². The molecule has 16 heavy (non-hydrogen) atoms. The monoisotopic (exact) mass is 219 g/mol. The van der Waals surface area contributed by atoms with Gasteiger partial charge in [0.25, 0.3) is 0 Å². The molecule has 84 valence electrons. The van der Waals surface area contributed by atoms with Crippen LogP contribution < -0.4 is 9.64 Å². The van der Waals surface area contributed by atoms with Crippen molar-refractivity contribution in [2.24, 2.45) is 0 Å². The molecule has 0 aromatic heterocycles. The fourth-order valence-electron chi connectivity index (χ4n) is 1.79. The van der Waals surface area contributed by atoms with Gasteiger partial charge in [-0.15, -0.1) is 0 Å². The molecular formula is C12H13NO3. The molecule has 0 radical (unpaired) electrons. The van der Waals surface area contributed by atoms with Crippen LogP contribution in [0.15, 0.2) is 24.3 Å². The van der Waals surface area contributed by atoms with E-state index in [2.05, 4.69) is 0 Å². The summed E-state index contributed by atoms with van der Waals surface area (Å²) in [6, 6.07) is 7.34. The number of carbonyl (C=O) groups excluding carboxylic acids is 2. The highest BCUT2D eigenvalue weighted by molar-refractivity contribution is 6.06. The van der Waals surface area contributed by atoms with Gasteiger partial charge in [-0.25, -0.2) is 0 Å². The SMILES string of the molecule is COc1ccc(N2CC(=O)CC(=O)C2)cc1. The number of hydrogen-bond donors (Lipinski definition) is 0. The Morgan fingerprint density at radius 1 is 1.06 bits per heavy atom. The van der Waals surface area contributed by atoms with E-state index in [0.29, 0.717) is 13.1 Å². The van der Waals surface area contributed by atoms with Crippen molar-refractivity contribution in [3.63, 3.8) is 0 Å². The largest absolute Gasteiger partial charge is 0.497 e. The van der Waals surface area contributed by atoms with E-state index >= 15 is 0 Å². The summed E-state index contributed by atoms with van der Waals surface area (Å²) in [5, 5.41) is 0. The van der Waals surface area contributed by atoms with Crippen LogP contribution in [-0.4, -0.2) is 31.8 Å². The molecule has 1 aromatic rings. The van der Waals surface area contributed by atoms with Crippen molar-refractivity contribution in [1.82, 2.24) is 0 Å². The van der Waals surface area contributed by atoms with Crippen molar-refractivity contribution < 1.29 is 14.3 Å². The fourth-order valence-corrected chi connectivity index (χ4v) is 1.79. The molecule has 4 heteroatoms. The second-order valence-electron chi connectivity index (χ2n) is 3.81. The average Bonchev–Trinajstić information content (AvgIpc) is 2.28. The van der Waals surface area contributed by atoms with Gasteiger partial charge in [-0.1, -0.05) is 0 Å². The van der Waals surface area contributed by atoms with Gasteiger partial charge in [0.05, 0.1) is 26.6 Å². The van der Waals surface area contributed by atoms with E-state index in [1.807, 2.05) is 24.3 Å². The first kappa shape index (κ1) is 10.7. The molecule has 0 unspecified atom stereocenters. The van der Waals surface area contributed by atoms with Crippen LogP contribution in [0.25, 0.3) is 0 Å². The molecule has 1 heterocycles. The first-order valence-corrected chi connectivity index (χ1v) is 5.11. The molecule has 1 saturated heterocycles. The Bertz CT molecular complexity index is 395. The van der Waals surface area contributed by atoms with Crippen LogP contribution in [0.4, 0.5) is 5.69 Å². The lowest BCUT2D eigenvalue weighted by Gasteiger charge is -2.26. The number of hydrogen-bond acceptors (Lipinski definition) is 4. The van der Waals surface area contributed by atoms with E-state index in [-0.39, 0.29) is 18.0 Å². The first-order valence-electron chi connectivity index (χ1n) is 5.11. The molecule has 2 rings (SSSR count). The van der Waals surface area contributed by atoms with Gasteiger partial charge in [0.1, 0.15) is 5.75 Å². The van der Waals surface area contributed by atoms with Gasteiger partial charge in [-0.05, 0) is 24.3 Å². The van der Waals surface area contributed by atoms with Crippen molar-refractivity contribution in [2.45, 2.75) is 6.42 Å². The van der Waals surface area contributed by atoms with Gasteiger partial charge >= 0.3 is 0 Å². The topological polar surface area (TPSA) is 46.6 Å². The highest BCUT2D eigenvalue weighted by Crippen LogP contribution is 2.20. The number of benzene rings is 1. The maximum Gasteiger partial charge on any atom is 0.159 e. The lowest BCUT2D eigenvalue weighted by Crippen LogP contribution is -2.41. The van der Waals surface area contributed by atoms with E-state index in [1.54, 1.807) is 12.0 Å². The number of carbonyl (C=O) groups is 2. The summed E-state index contributed by atoms with van der Waals surface area (Å²) >= 11 is 0. The molecule has 0 bridgehead atoms. The molecule has 0 spiro atoms.